The highest BCUT2D eigenvalue weighted by atomic mass is 16.5. The fourth-order valence-electron chi connectivity index (χ4n) is 1.93. The Kier molecular flexibility index (Phi) is 11.1. The minimum absolute atomic E-state index is 0.0584. The van der Waals surface area contributed by atoms with Gasteiger partial charge in [0.1, 0.15) is 12.4 Å². The zero-order valence-corrected chi connectivity index (χ0v) is 14.4. The number of ether oxygens (including phenoxy) is 1. The summed E-state index contributed by atoms with van der Waals surface area (Å²) in [5.41, 5.74) is 7.09. The molecule has 0 aromatic carbocycles. The third-order valence-electron chi connectivity index (χ3n) is 3.05. The van der Waals surface area contributed by atoms with E-state index in [1.807, 2.05) is 44.7 Å². The van der Waals surface area contributed by atoms with E-state index < -0.39 is 0 Å². The van der Waals surface area contributed by atoms with Crippen molar-refractivity contribution >= 4 is 5.91 Å². The van der Waals surface area contributed by atoms with Crippen LogP contribution < -0.4 is 11.1 Å². The van der Waals surface area contributed by atoms with Crippen LogP contribution in [0.5, 0.6) is 0 Å². The highest BCUT2D eigenvalue weighted by molar-refractivity contribution is 5.78. The Morgan fingerprint density at radius 2 is 2.23 bits per heavy atom. The Balaban J connectivity index is 0.00000211. The summed E-state index contributed by atoms with van der Waals surface area (Å²) in [6.45, 7) is 14.6. The van der Waals surface area contributed by atoms with Gasteiger partial charge in [-0.2, -0.15) is 0 Å². The normalized spacial score (nSPS) is 18.0. The van der Waals surface area contributed by atoms with Crippen molar-refractivity contribution in [1.82, 2.24) is 10.2 Å². The van der Waals surface area contributed by atoms with E-state index in [1.165, 1.54) is 0 Å². The van der Waals surface area contributed by atoms with Crippen LogP contribution in [0.3, 0.4) is 0 Å². The molecule has 1 fully saturated rings. The van der Waals surface area contributed by atoms with Crippen molar-refractivity contribution in [3.05, 3.63) is 36.1 Å². The van der Waals surface area contributed by atoms with Crippen LogP contribution in [0.25, 0.3) is 0 Å². The second-order valence-electron chi connectivity index (χ2n) is 4.94. The van der Waals surface area contributed by atoms with Crippen LogP contribution in [-0.4, -0.2) is 49.6 Å². The Labute approximate surface area is 134 Å². The summed E-state index contributed by atoms with van der Waals surface area (Å²) in [5, 5.41) is 2.79. The number of allylic oxidation sites excluding steroid dienone is 4. The molecule has 0 aliphatic carbocycles. The molecule has 126 valence electrons. The number of hydrogen-bond acceptors (Lipinski definition) is 4. The molecule has 1 aliphatic rings. The van der Waals surface area contributed by atoms with Crippen LogP contribution in [0.4, 0.5) is 0 Å². The number of hydrogen-bond donors (Lipinski definition) is 2. The Bertz CT molecular complexity index is 403. The van der Waals surface area contributed by atoms with Gasteiger partial charge in [-0.15, -0.1) is 0 Å². The predicted molar refractivity (Wildman–Crippen MR) is 92.4 cm³/mol. The number of nitrogens with one attached hydrogen (secondary N) is 1. The van der Waals surface area contributed by atoms with Crippen LogP contribution in [0.15, 0.2) is 36.1 Å². The zero-order chi connectivity index (χ0) is 17.0. The first kappa shape index (κ1) is 20.4. The predicted octanol–water partition coefficient (Wildman–Crippen LogP) is 1.82. The van der Waals surface area contributed by atoms with Gasteiger partial charge >= 0.3 is 0 Å². The van der Waals surface area contributed by atoms with Gasteiger partial charge in [-0.05, 0) is 31.6 Å². The van der Waals surface area contributed by atoms with Crippen molar-refractivity contribution < 1.29 is 9.53 Å². The van der Waals surface area contributed by atoms with Gasteiger partial charge in [0, 0.05) is 19.6 Å². The largest absolute Gasteiger partial charge is 0.492 e. The minimum Gasteiger partial charge on any atom is -0.492 e. The van der Waals surface area contributed by atoms with E-state index >= 15 is 0 Å². The van der Waals surface area contributed by atoms with Crippen LogP contribution >= 0.6 is 0 Å². The van der Waals surface area contributed by atoms with Crippen molar-refractivity contribution in [2.24, 2.45) is 5.73 Å². The standard InChI is InChI=1S/C15H25N3O2.C2H6/c1-4-12(3)8-14(5-2)20-11-13(16)9-18-7-6-17-15(19)10-18;1-2/h4-5,8,13H,1,6-7,9-11,16H2,2-3H3,(H,17,19);1-2H3/b12-8-,14-5+;. The Morgan fingerprint density at radius 3 is 2.77 bits per heavy atom. The summed E-state index contributed by atoms with van der Waals surface area (Å²) in [6.07, 6.45) is 5.60. The van der Waals surface area contributed by atoms with Crippen LogP contribution in [0.2, 0.25) is 0 Å². The van der Waals surface area contributed by atoms with Gasteiger partial charge in [-0.1, -0.05) is 26.5 Å². The molecule has 0 aromatic rings. The van der Waals surface area contributed by atoms with Gasteiger partial charge in [-0.25, -0.2) is 0 Å². The minimum atomic E-state index is -0.117. The second-order valence-corrected chi connectivity index (χ2v) is 4.94. The number of carbonyl (C=O) groups is 1. The third kappa shape index (κ3) is 8.64. The number of nitrogens with zero attached hydrogens (tertiary/aromatic N) is 1. The summed E-state index contributed by atoms with van der Waals surface area (Å²) < 4.78 is 5.68. The summed E-state index contributed by atoms with van der Waals surface area (Å²) in [5.74, 6) is 0.845. The van der Waals surface area contributed by atoms with Gasteiger partial charge in [0.15, 0.2) is 0 Å². The molecular formula is C17H31N3O2. The van der Waals surface area contributed by atoms with E-state index in [2.05, 4.69) is 11.9 Å². The topological polar surface area (TPSA) is 67.6 Å². The fourth-order valence-corrected chi connectivity index (χ4v) is 1.93. The summed E-state index contributed by atoms with van der Waals surface area (Å²) in [6, 6.07) is -0.117. The van der Waals surface area contributed by atoms with E-state index in [0.717, 1.165) is 17.9 Å². The summed E-state index contributed by atoms with van der Waals surface area (Å²) in [7, 11) is 0. The molecule has 0 saturated carbocycles. The monoisotopic (exact) mass is 309 g/mol. The summed E-state index contributed by atoms with van der Waals surface area (Å²) >= 11 is 0. The maximum atomic E-state index is 11.3. The third-order valence-corrected chi connectivity index (χ3v) is 3.05. The average molecular weight is 309 g/mol. The number of amides is 1. The van der Waals surface area contributed by atoms with Crippen molar-refractivity contribution in [3.63, 3.8) is 0 Å². The lowest BCUT2D eigenvalue weighted by Crippen LogP contribution is -2.51. The van der Waals surface area contributed by atoms with Crippen molar-refractivity contribution in [3.8, 4) is 0 Å². The second kappa shape index (κ2) is 12.0. The highest BCUT2D eigenvalue weighted by Crippen LogP contribution is 2.06. The van der Waals surface area contributed by atoms with E-state index in [4.69, 9.17) is 10.5 Å². The van der Waals surface area contributed by atoms with Crippen molar-refractivity contribution in [2.45, 2.75) is 33.7 Å². The lowest BCUT2D eigenvalue weighted by Gasteiger charge is -2.28. The molecule has 1 rings (SSSR count). The fraction of sp³-hybridized carbons (Fsp3) is 0.588. The lowest BCUT2D eigenvalue weighted by molar-refractivity contribution is -0.124. The highest BCUT2D eigenvalue weighted by Gasteiger charge is 2.18. The maximum absolute atomic E-state index is 11.3. The van der Waals surface area contributed by atoms with Crippen molar-refractivity contribution in [1.29, 1.82) is 0 Å². The first-order valence-electron chi connectivity index (χ1n) is 7.89. The molecule has 5 heteroatoms. The molecule has 1 atom stereocenters. The molecule has 0 aromatic heterocycles. The Hall–Kier alpha value is -1.59. The average Bonchev–Trinajstić information content (AvgIpc) is 2.53. The molecule has 1 unspecified atom stereocenters. The molecule has 3 N–H and O–H groups in total. The molecule has 5 nitrogen and oxygen atoms in total. The maximum Gasteiger partial charge on any atom is 0.234 e. The smallest absolute Gasteiger partial charge is 0.234 e. The molecule has 1 saturated heterocycles. The zero-order valence-electron chi connectivity index (χ0n) is 14.4. The van der Waals surface area contributed by atoms with Gasteiger partial charge < -0.3 is 15.8 Å². The van der Waals surface area contributed by atoms with Crippen LogP contribution in [-0.2, 0) is 9.53 Å². The van der Waals surface area contributed by atoms with Gasteiger partial charge in [0.25, 0.3) is 0 Å². The number of nitrogens with two attached hydrogens (primary N) is 1. The molecule has 0 spiro atoms. The van der Waals surface area contributed by atoms with Gasteiger partial charge in [0.05, 0.1) is 12.6 Å². The van der Waals surface area contributed by atoms with Crippen LogP contribution in [0.1, 0.15) is 27.7 Å². The number of piperazine rings is 1. The van der Waals surface area contributed by atoms with Crippen molar-refractivity contribution in [2.75, 3.05) is 32.8 Å². The van der Waals surface area contributed by atoms with Gasteiger partial charge in [0.2, 0.25) is 5.91 Å². The molecule has 22 heavy (non-hydrogen) atoms. The molecule has 1 heterocycles. The van der Waals surface area contributed by atoms with E-state index in [9.17, 15) is 4.79 Å². The Morgan fingerprint density at radius 1 is 1.55 bits per heavy atom. The van der Waals surface area contributed by atoms with E-state index in [0.29, 0.717) is 26.2 Å². The first-order chi connectivity index (χ1) is 10.5. The molecule has 0 radical (unpaired) electrons. The molecule has 0 bridgehead atoms. The lowest BCUT2D eigenvalue weighted by atomic mass is 10.2. The van der Waals surface area contributed by atoms with Crippen LogP contribution in [0, 0.1) is 0 Å². The quantitative estimate of drug-likeness (QED) is 0.556. The summed E-state index contributed by atoms with van der Waals surface area (Å²) in [4.78, 5) is 13.3. The molecule has 1 amide bonds. The van der Waals surface area contributed by atoms with E-state index in [-0.39, 0.29) is 11.9 Å². The number of rotatable bonds is 7. The molecular weight excluding hydrogens is 278 g/mol. The van der Waals surface area contributed by atoms with Gasteiger partial charge in [-0.3, -0.25) is 9.69 Å². The first-order valence-corrected chi connectivity index (χ1v) is 7.89. The van der Waals surface area contributed by atoms with E-state index in [1.54, 1.807) is 6.08 Å². The SMILES string of the molecule is C=C/C(C)=C\C(=C/C)OCC(N)CN1CCNC(=O)C1.CC. The molecule has 1 aliphatic heterocycles. The number of carbonyl (C=O) groups excluding carboxylic acids is 1.